The van der Waals surface area contributed by atoms with Gasteiger partial charge in [-0.15, -0.1) is 0 Å². The second-order valence-corrected chi connectivity index (χ2v) is 3.08. The number of primary amides is 1. The maximum atomic E-state index is 11.0. The lowest BCUT2D eigenvalue weighted by molar-refractivity contribution is -0.131. The normalized spacial score (nSPS) is 25.5. The van der Waals surface area contributed by atoms with Crippen molar-refractivity contribution in [1.82, 2.24) is 5.32 Å². The molecule has 2 atom stereocenters. The van der Waals surface area contributed by atoms with Crippen LogP contribution in [0.3, 0.4) is 0 Å². The van der Waals surface area contributed by atoms with E-state index in [1.807, 2.05) is 0 Å². The minimum atomic E-state index is -0.365. The van der Waals surface area contributed by atoms with Gasteiger partial charge in [0.1, 0.15) is 0 Å². The van der Waals surface area contributed by atoms with Crippen LogP contribution in [0.1, 0.15) is 0 Å². The third-order valence-electron chi connectivity index (χ3n) is 2.12. The lowest BCUT2D eigenvalue weighted by Crippen LogP contribution is -2.48. The van der Waals surface area contributed by atoms with Crippen molar-refractivity contribution in [2.75, 3.05) is 33.4 Å². The molecule has 5 nitrogen and oxygen atoms in total. The molecule has 0 aromatic carbocycles. The van der Waals surface area contributed by atoms with Crippen molar-refractivity contribution < 1.29 is 14.3 Å². The quantitative estimate of drug-likeness (QED) is 0.576. The number of hydrogen-bond donors (Lipinski definition) is 2. The summed E-state index contributed by atoms with van der Waals surface area (Å²) >= 11 is 0. The molecule has 3 N–H and O–H groups in total. The van der Waals surface area contributed by atoms with Gasteiger partial charge in [0.05, 0.1) is 25.2 Å². The van der Waals surface area contributed by atoms with Gasteiger partial charge < -0.3 is 20.5 Å². The van der Waals surface area contributed by atoms with E-state index in [0.29, 0.717) is 19.8 Å². The van der Waals surface area contributed by atoms with Gasteiger partial charge >= 0.3 is 0 Å². The van der Waals surface area contributed by atoms with Crippen molar-refractivity contribution in [3.05, 3.63) is 0 Å². The van der Waals surface area contributed by atoms with Crippen molar-refractivity contribution in [2.45, 2.75) is 6.10 Å². The number of morpholine rings is 1. The first kappa shape index (κ1) is 10.4. The highest BCUT2D eigenvalue weighted by Crippen LogP contribution is 2.09. The largest absolute Gasteiger partial charge is 0.384 e. The number of hydrogen-bond acceptors (Lipinski definition) is 4. The third kappa shape index (κ3) is 2.95. The van der Waals surface area contributed by atoms with E-state index >= 15 is 0 Å². The van der Waals surface area contributed by atoms with Gasteiger partial charge in [0.2, 0.25) is 5.91 Å². The van der Waals surface area contributed by atoms with Crippen LogP contribution in [-0.2, 0) is 14.3 Å². The predicted molar refractivity (Wildman–Crippen MR) is 47.2 cm³/mol. The molecule has 1 aliphatic heterocycles. The second-order valence-electron chi connectivity index (χ2n) is 3.08. The summed E-state index contributed by atoms with van der Waals surface area (Å²) < 4.78 is 10.3. The van der Waals surface area contributed by atoms with Crippen molar-refractivity contribution in [2.24, 2.45) is 11.7 Å². The van der Waals surface area contributed by atoms with Gasteiger partial charge in [0, 0.05) is 20.2 Å². The predicted octanol–water partition coefficient (Wildman–Crippen LogP) is -1.28. The molecule has 0 aromatic heterocycles. The Kier molecular flexibility index (Phi) is 4.14. The van der Waals surface area contributed by atoms with Crippen LogP contribution in [0.5, 0.6) is 0 Å². The standard InChI is InChI=1S/C8H16N2O3/c1-12-5-6(8(9)11)7-4-10-2-3-13-7/h6-7,10H,2-5H2,1H3,(H2,9,11). The molecular formula is C8H16N2O3. The number of rotatable bonds is 4. The maximum absolute atomic E-state index is 11.0. The summed E-state index contributed by atoms with van der Waals surface area (Å²) in [6.45, 7) is 2.44. The maximum Gasteiger partial charge on any atom is 0.225 e. The molecule has 2 unspecified atom stereocenters. The summed E-state index contributed by atoms with van der Waals surface area (Å²) in [5.74, 6) is -0.714. The molecule has 0 bridgehead atoms. The number of methoxy groups -OCH3 is 1. The zero-order chi connectivity index (χ0) is 9.68. The summed E-state index contributed by atoms with van der Waals surface area (Å²) in [6, 6.07) is 0. The Labute approximate surface area is 77.6 Å². The molecule has 0 spiro atoms. The first-order valence-corrected chi connectivity index (χ1v) is 4.36. The van der Waals surface area contributed by atoms with Gasteiger partial charge in [-0.1, -0.05) is 0 Å². The zero-order valence-electron chi connectivity index (χ0n) is 7.79. The Morgan fingerprint density at radius 3 is 3.08 bits per heavy atom. The van der Waals surface area contributed by atoms with Gasteiger partial charge in [0.25, 0.3) is 0 Å². The Morgan fingerprint density at radius 2 is 2.62 bits per heavy atom. The number of carbonyl (C=O) groups is 1. The summed E-state index contributed by atoms with van der Waals surface area (Å²) in [4.78, 5) is 11.0. The van der Waals surface area contributed by atoms with Crippen molar-refractivity contribution in [3.63, 3.8) is 0 Å². The van der Waals surface area contributed by atoms with Crippen molar-refractivity contribution in [3.8, 4) is 0 Å². The van der Waals surface area contributed by atoms with E-state index in [-0.39, 0.29) is 17.9 Å². The van der Waals surface area contributed by atoms with Crippen LogP contribution in [-0.4, -0.2) is 45.4 Å². The van der Waals surface area contributed by atoms with E-state index in [0.717, 1.165) is 6.54 Å². The fourth-order valence-corrected chi connectivity index (χ4v) is 1.40. The first-order valence-electron chi connectivity index (χ1n) is 4.36. The fourth-order valence-electron chi connectivity index (χ4n) is 1.40. The Morgan fingerprint density at radius 1 is 1.85 bits per heavy atom. The van der Waals surface area contributed by atoms with E-state index in [1.54, 1.807) is 7.11 Å². The summed E-state index contributed by atoms with van der Waals surface area (Å²) in [7, 11) is 1.55. The molecule has 1 fully saturated rings. The van der Waals surface area contributed by atoms with Crippen LogP contribution in [0.25, 0.3) is 0 Å². The van der Waals surface area contributed by atoms with Crippen molar-refractivity contribution >= 4 is 5.91 Å². The highest BCUT2D eigenvalue weighted by molar-refractivity contribution is 5.77. The lowest BCUT2D eigenvalue weighted by atomic mass is 10.0. The minimum absolute atomic E-state index is 0.147. The Balaban J connectivity index is 2.46. The number of nitrogens with one attached hydrogen (secondary N) is 1. The van der Waals surface area contributed by atoms with E-state index in [9.17, 15) is 4.79 Å². The molecule has 0 radical (unpaired) electrons. The van der Waals surface area contributed by atoms with Gasteiger partial charge in [-0.05, 0) is 0 Å². The molecule has 1 heterocycles. The van der Waals surface area contributed by atoms with E-state index < -0.39 is 0 Å². The molecule has 13 heavy (non-hydrogen) atoms. The summed E-state index contributed by atoms with van der Waals surface area (Å²) in [5.41, 5.74) is 5.23. The molecular weight excluding hydrogens is 172 g/mol. The fraction of sp³-hybridized carbons (Fsp3) is 0.875. The smallest absolute Gasteiger partial charge is 0.225 e. The number of ether oxygens (including phenoxy) is 2. The molecule has 76 valence electrons. The van der Waals surface area contributed by atoms with Gasteiger partial charge in [0.15, 0.2) is 0 Å². The number of carbonyl (C=O) groups excluding carboxylic acids is 1. The highest BCUT2D eigenvalue weighted by atomic mass is 16.5. The summed E-state index contributed by atoms with van der Waals surface area (Å²) in [6.07, 6.45) is -0.147. The topological polar surface area (TPSA) is 73.6 Å². The Hall–Kier alpha value is -0.650. The number of amides is 1. The van der Waals surface area contributed by atoms with E-state index in [4.69, 9.17) is 15.2 Å². The van der Waals surface area contributed by atoms with Gasteiger partial charge in [-0.2, -0.15) is 0 Å². The molecule has 5 heteroatoms. The van der Waals surface area contributed by atoms with Crippen LogP contribution >= 0.6 is 0 Å². The summed E-state index contributed by atoms with van der Waals surface area (Å²) in [5, 5.41) is 3.14. The highest BCUT2D eigenvalue weighted by Gasteiger charge is 2.28. The molecule has 0 saturated carbocycles. The Bertz CT molecular complexity index is 169. The van der Waals surface area contributed by atoms with Gasteiger partial charge in [-0.3, -0.25) is 4.79 Å². The molecule has 1 saturated heterocycles. The average Bonchev–Trinajstić information content (AvgIpc) is 2.15. The van der Waals surface area contributed by atoms with Crippen LogP contribution in [0.4, 0.5) is 0 Å². The van der Waals surface area contributed by atoms with Crippen molar-refractivity contribution in [1.29, 1.82) is 0 Å². The molecule has 1 rings (SSSR count). The van der Waals surface area contributed by atoms with Crippen LogP contribution in [0, 0.1) is 5.92 Å². The monoisotopic (exact) mass is 188 g/mol. The zero-order valence-corrected chi connectivity index (χ0v) is 7.79. The first-order chi connectivity index (χ1) is 6.25. The second kappa shape index (κ2) is 5.16. The average molecular weight is 188 g/mol. The minimum Gasteiger partial charge on any atom is -0.384 e. The SMILES string of the molecule is COCC(C(N)=O)C1CNCCO1. The molecule has 1 amide bonds. The van der Waals surface area contributed by atoms with E-state index in [1.165, 1.54) is 0 Å². The molecule has 0 aromatic rings. The number of nitrogens with two attached hydrogens (primary N) is 1. The lowest BCUT2D eigenvalue weighted by Gasteiger charge is -2.28. The van der Waals surface area contributed by atoms with Gasteiger partial charge in [-0.25, -0.2) is 0 Å². The molecule has 1 aliphatic rings. The van der Waals surface area contributed by atoms with E-state index in [2.05, 4.69) is 5.32 Å². The van der Waals surface area contributed by atoms with Crippen LogP contribution < -0.4 is 11.1 Å². The third-order valence-corrected chi connectivity index (χ3v) is 2.12. The molecule has 0 aliphatic carbocycles. The van der Waals surface area contributed by atoms with Crippen LogP contribution in [0.2, 0.25) is 0 Å². The van der Waals surface area contributed by atoms with Crippen LogP contribution in [0.15, 0.2) is 0 Å².